The lowest BCUT2D eigenvalue weighted by atomic mass is 10.1. The van der Waals surface area contributed by atoms with Gasteiger partial charge in [0.2, 0.25) is 5.91 Å². The molecule has 138 valence electrons. The van der Waals surface area contributed by atoms with E-state index in [0.717, 1.165) is 36.3 Å². The Bertz CT molecular complexity index is 768. The average Bonchev–Trinajstić information content (AvgIpc) is 3.39. The molecule has 0 atom stereocenters. The summed E-state index contributed by atoms with van der Waals surface area (Å²) in [6.07, 6.45) is 11.7. The van der Waals surface area contributed by atoms with E-state index in [2.05, 4.69) is 9.88 Å². The van der Waals surface area contributed by atoms with E-state index in [4.69, 9.17) is 5.10 Å². The zero-order valence-corrected chi connectivity index (χ0v) is 16.2. The summed E-state index contributed by atoms with van der Waals surface area (Å²) in [5.74, 6) is 0.714. The van der Waals surface area contributed by atoms with Gasteiger partial charge in [-0.25, -0.2) is 0 Å². The molecule has 6 heteroatoms. The van der Waals surface area contributed by atoms with Gasteiger partial charge < -0.3 is 4.90 Å². The van der Waals surface area contributed by atoms with Crippen molar-refractivity contribution in [2.75, 3.05) is 5.75 Å². The van der Waals surface area contributed by atoms with Crippen LogP contribution in [-0.2, 0) is 31.2 Å². The van der Waals surface area contributed by atoms with E-state index in [0.29, 0.717) is 18.3 Å². The fourth-order valence-electron chi connectivity index (χ4n) is 4.29. The van der Waals surface area contributed by atoms with Crippen molar-refractivity contribution in [1.82, 2.24) is 19.7 Å². The molecule has 2 aliphatic rings. The summed E-state index contributed by atoms with van der Waals surface area (Å²) in [6, 6.07) is 4.30. The van der Waals surface area contributed by atoms with Crippen LogP contribution in [0.25, 0.3) is 0 Å². The molecular formula is C20H26N4OS. The molecule has 4 rings (SSSR count). The highest BCUT2D eigenvalue weighted by Gasteiger charge is 2.30. The van der Waals surface area contributed by atoms with Crippen LogP contribution in [-0.4, -0.2) is 37.4 Å². The molecule has 26 heavy (non-hydrogen) atoms. The van der Waals surface area contributed by atoms with E-state index >= 15 is 0 Å². The normalized spacial score (nSPS) is 16.8. The SMILES string of the molecule is Cn1nc(CN(C(=O)CSc2ccncc2)C2CCCC2)c2c1CCC2. The number of aryl methyl sites for hydroxylation is 1. The third-order valence-electron chi connectivity index (χ3n) is 5.62. The van der Waals surface area contributed by atoms with E-state index < -0.39 is 0 Å². The number of hydrogen-bond acceptors (Lipinski definition) is 4. The van der Waals surface area contributed by atoms with E-state index in [9.17, 15) is 4.79 Å². The van der Waals surface area contributed by atoms with Crippen LogP contribution in [0.15, 0.2) is 29.4 Å². The van der Waals surface area contributed by atoms with Crippen molar-refractivity contribution in [2.24, 2.45) is 7.05 Å². The molecule has 0 spiro atoms. The van der Waals surface area contributed by atoms with E-state index in [1.165, 1.54) is 30.5 Å². The standard InChI is InChI=1S/C20H26N4OS/c1-23-19-8-4-7-17(19)18(22-23)13-24(15-5-2-3-6-15)20(25)14-26-16-9-11-21-12-10-16/h9-12,15H,2-8,13-14H2,1H3. The van der Waals surface area contributed by atoms with E-state index in [1.807, 2.05) is 23.9 Å². The number of pyridine rings is 1. The highest BCUT2D eigenvalue weighted by molar-refractivity contribution is 8.00. The average molecular weight is 371 g/mol. The van der Waals surface area contributed by atoms with Gasteiger partial charge in [-0.1, -0.05) is 12.8 Å². The number of nitrogens with zero attached hydrogens (tertiary/aromatic N) is 4. The third-order valence-corrected chi connectivity index (χ3v) is 6.61. The quantitative estimate of drug-likeness (QED) is 0.732. The number of rotatable bonds is 6. The molecule has 0 radical (unpaired) electrons. The zero-order chi connectivity index (χ0) is 17.9. The van der Waals surface area contributed by atoms with Crippen LogP contribution in [0.4, 0.5) is 0 Å². The molecule has 5 nitrogen and oxygen atoms in total. The summed E-state index contributed by atoms with van der Waals surface area (Å²) >= 11 is 1.60. The summed E-state index contributed by atoms with van der Waals surface area (Å²) in [5, 5.41) is 4.75. The first-order chi connectivity index (χ1) is 12.7. The van der Waals surface area contributed by atoms with Gasteiger partial charge in [0, 0.05) is 36.1 Å². The Morgan fingerprint density at radius 2 is 2.00 bits per heavy atom. The molecule has 0 saturated heterocycles. The highest BCUT2D eigenvalue weighted by atomic mass is 32.2. The minimum absolute atomic E-state index is 0.233. The fourth-order valence-corrected chi connectivity index (χ4v) is 5.06. The number of thioether (sulfide) groups is 1. The van der Waals surface area contributed by atoms with Gasteiger partial charge in [0.15, 0.2) is 0 Å². The highest BCUT2D eigenvalue weighted by Crippen LogP contribution is 2.30. The second kappa shape index (κ2) is 7.82. The minimum atomic E-state index is 0.233. The molecule has 1 fully saturated rings. The van der Waals surface area contributed by atoms with Crippen LogP contribution in [0.1, 0.15) is 49.1 Å². The van der Waals surface area contributed by atoms with Crippen LogP contribution in [0.3, 0.4) is 0 Å². The van der Waals surface area contributed by atoms with Crippen molar-refractivity contribution >= 4 is 17.7 Å². The molecule has 0 aromatic carbocycles. The molecule has 1 amide bonds. The Kier molecular flexibility index (Phi) is 5.29. The molecule has 0 N–H and O–H groups in total. The van der Waals surface area contributed by atoms with Crippen LogP contribution < -0.4 is 0 Å². The van der Waals surface area contributed by atoms with Crippen LogP contribution in [0.2, 0.25) is 0 Å². The lowest BCUT2D eigenvalue weighted by Gasteiger charge is -2.28. The van der Waals surface area contributed by atoms with Gasteiger partial charge in [0.1, 0.15) is 0 Å². The summed E-state index contributed by atoms with van der Waals surface area (Å²) < 4.78 is 2.03. The zero-order valence-electron chi connectivity index (χ0n) is 15.4. The number of aromatic nitrogens is 3. The maximum absolute atomic E-state index is 13.1. The predicted octanol–water partition coefficient (Wildman–Crippen LogP) is 3.37. The largest absolute Gasteiger partial charge is 0.333 e. The topological polar surface area (TPSA) is 51.0 Å². The van der Waals surface area contributed by atoms with Crippen molar-refractivity contribution < 1.29 is 4.79 Å². The maximum atomic E-state index is 13.1. The third kappa shape index (κ3) is 3.65. The van der Waals surface area contributed by atoms with Gasteiger partial charge in [0.05, 0.1) is 18.0 Å². The van der Waals surface area contributed by atoms with Crippen molar-refractivity contribution in [3.05, 3.63) is 41.5 Å². The van der Waals surface area contributed by atoms with Crippen molar-refractivity contribution in [2.45, 2.75) is 62.4 Å². The van der Waals surface area contributed by atoms with Gasteiger partial charge in [-0.15, -0.1) is 11.8 Å². The van der Waals surface area contributed by atoms with E-state index in [-0.39, 0.29) is 5.91 Å². The van der Waals surface area contributed by atoms with Crippen molar-refractivity contribution in [3.63, 3.8) is 0 Å². The summed E-state index contributed by atoms with van der Waals surface area (Å²) in [4.78, 5) is 20.3. The molecule has 2 aromatic rings. The second-order valence-electron chi connectivity index (χ2n) is 7.28. The molecule has 0 unspecified atom stereocenters. The van der Waals surface area contributed by atoms with Gasteiger partial charge in [0.25, 0.3) is 0 Å². The Morgan fingerprint density at radius 3 is 2.77 bits per heavy atom. The van der Waals surface area contributed by atoms with Gasteiger partial charge >= 0.3 is 0 Å². The Morgan fingerprint density at radius 1 is 1.23 bits per heavy atom. The molecule has 2 aliphatic carbocycles. The monoisotopic (exact) mass is 370 g/mol. The molecule has 0 bridgehead atoms. The first-order valence-corrected chi connectivity index (χ1v) is 10.6. The Hall–Kier alpha value is -1.82. The van der Waals surface area contributed by atoms with Crippen LogP contribution in [0.5, 0.6) is 0 Å². The fraction of sp³-hybridized carbons (Fsp3) is 0.550. The molecular weight excluding hydrogens is 344 g/mol. The number of carbonyl (C=O) groups is 1. The Labute approximate surface area is 159 Å². The van der Waals surface area contributed by atoms with E-state index in [1.54, 1.807) is 24.2 Å². The number of carbonyl (C=O) groups excluding carboxylic acids is 1. The minimum Gasteiger partial charge on any atom is -0.333 e. The smallest absolute Gasteiger partial charge is 0.233 e. The Balaban J connectivity index is 1.49. The summed E-state index contributed by atoms with van der Waals surface area (Å²) in [7, 11) is 2.04. The lowest BCUT2D eigenvalue weighted by molar-refractivity contribution is -0.131. The van der Waals surface area contributed by atoms with Crippen LogP contribution >= 0.6 is 11.8 Å². The van der Waals surface area contributed by atoms with Gasteiger partial charge in [-0.05, 0) is 49.8 Å². The molecule has 1 saturated carbocycles. The summed E-state index contributed by atoms with van der Waals surface area (Å²) in [6.45, 7) is 0.670. The predicted molar refractivity (Wildman–Crippen MR) is 103 cm³/mol. The lowest BCUT2D eigenvalue weighted by Crippen LogP contribution is -2.39. The van der Waals surface area contributed by atoms with Crippen molar-refractivity contribution in [1.29, 1.82) is 0 Å². The molecule has 2 aromatic heterocycles. The van der Waals surface area contributed by atoms with Crippen LogP contribution in [0, 0.1) is 0 Å². The molecule has 0 aliphatic heterocycles. The van der Waals surface area contributed by atoms with Gasteiger partial charge in [-0.2, -0.15) is 5.10 Å². The first kappa shape index (κ1) is 17.6. The van der Waals surface area contributed by atoms with Crippen molar-refractivity contribution in [3.8, 4) is 0 Å². The number of fused-ring (bicyclic) bond motifs is 1. The van der Waals surface area contributed by atoms with Gasteiger partial charge in [-0.3, -0.25) is 14.5 Å². The second-order valence-corrected chi connectivity index (χ2v) is 8.33. The molecule has 2 heterocycles. The maximum Gasteiger partial charge on any atom is 0.233 e. The number of hydrogen-bond donors (Lipinski definition) is 0. The first-order valence-electron chi connectivity index (χ1n) is 9.58. The number of amides is 1. The summed E-state index contributed by atoms with van der Waals surface area (Å²) in [5.41, 5.74) is 3.88.